The molecule has 2 heterocycles. The average Bonchev–Trinajstić information content (AvgIpc) is 3.32. The number of benzene rings is 2. The topological polar surface area (TPSA) is 84.7 Å². The van der Waals surface area contributed by atoms with Crippen LogP contribution in [0.4, 0.5) is 4.79 Å². The van der Waals surface area contributed by atoms with E-state index in [1.807, 2.05) is 0 Å². The monoisotopic (exact) mass is 487 g/mol. The van der Waals surface area contributed by atoms with Gasteiger partial charge in [-0.15, -0.1) is 0 Å². The predicted molar refractivity (Wildman–Crippen MR) is 136 cm³/mol. The first kappa shape index (κ1) is 23.1. The number of hydrogen-bond donors (Lipinski definition) is 1. The number of ether oxygens (including phenoxy) is 1. The van der Waals surface area contributed by atoms with E-state index in [2.05, 4.69) is 41.0 Å². The second-order valence-corrected chi connectivity index (χ2v) is 10.6. The van der Waals surface area contributed by atoms with Crippen molar-refractivity contribution in [3.05, 3.63) is 64.5 Å². The first-order chi connectivity index (χ1) is 17.5. The smallest absolute Gasteiger partial charge is 0.409 e. The highest BCUT2D eigenvalue weighted by atomic mass is 16.5. The number of nitrogens with zero attached hydrogens (tertiary/aromatic N) is 3. The number of carboxylic acid groups (broad SMARTS) is 1. The number of carbonyl (C=O) groups excluding carboxylic acids is 1. The van der Waals surface area contributed by atoms with E-state index in [4.69, 9.17) is 9.72 Å². The first-order valence-corrected chi connectivity index (χ1v) is 13.2. The molecule has 7 heteroatoms. The molecule has 3 aliphatic rings. The molecule has 1 aromatic heterocycles. The number of fused-ring (bicyclic) bond motifs is 4. The normalized spacial score (nSPS) is 23.7. The largest absolute Gasteiger partial charge is 0.481 e. The predicted octanol–water partition coefficient (Wildman–Crippen LogP) is 5.25. The minimum atomic E-state index is -0.678. The van der Waals surface area contributed by atoms with E-state index in [1.54, 1.807) is 4.90 Å². The highest BCUT2D eigenvalue weighted by Gasteiger charge is 2.34. The van der Waals surface area contributed by atoms with Gasteiger partial charge in [0.15, 0.2) is 0 Å². The molecule has 1 amide bonds. The molecule has 2 aromatic carbocycles. The maximum atomic E-state index is 12.3. The van der Waals surface area contributed by atoms with Crippen LogP contribution < -0.4 is 0 Å². The number of carbonyl (C=O) groups is 2. The van der Waals surface area contributed by atoms with Gasteiger partial charge in [-0.1, -0.05) is 30.3 Å². The van der Waals surface area contributed by atoms with Crippen molar-refractivity contribution < 1.29 is 19.4 Å². The fourth-order valence-electron chi connectivity index (χ4n) is 6.67. The lowest BCUT2D eigenvalue weighted by Gasteiger charge is -2.31. The van der Waals surface area contributed by atoms with Crippen LogP contribution in [0.1, 0.15) is 72.1 Å². The van der Waals surface area contributed by atoms with Crippen molar-refractivity contribution in [1.29, 1.82) is 0 Å². The van der Waals surface area contributed by atoms with Crippen molar-refractivity contribution in [1.82, 2.24) is 14.5 Å². The van der Waals surface area contributed by atoms with Crippen LogP contribution in [0.2, 0.25) is 0 Å². The second kappa shape index (κ2) is 9.26. The van der Waals surface area contributed by atoms with Crippen molar-refractivity contribution in [2.75, 3.05) is 13.7 Å². The van der Waals surface area contributed by atoms with Gasteiger partial charge in [0.2, 0.25) is 0 Å². The number of methoxy groups -OCH3 is 1. The van der Waals surface area contributed by atoms with E-state index in [9.17, 15) is 14.7 Å². The summed E-state index contributed by atoms with van der Waals surface area (Å²) in [6.07, 6.45) is 6.68. The molecular weight excluding hydrogens is 454 g/mol. The van der Waals surface area contributed by atoms with Gasteiger partial charge >= 0.3 is 12.1 Å². The van der Waals surface area contributed by atoms with Crippen LogP contribution in [0.3, 0.4) is 0 Å². The molecule has 3 aromatic rings. The number of amides is 1. The van der Waals surface area contributed by atoms with E-state index >= 15 is 0 Å². The Hall–Kier alpha value is -3.35. The van der Waals surface area contributed by atoms with Gasteiger partial charge in [-0.3, -0.25) is 4.79 Å². The van der Waals surface area contributed by atoms with E-state index < -0.39 is 5.97 Å². The summed E-state index contributed by atoms with van der Waals surface area (Å²) in [5.41, 5.74) is 7.36. The van der Waals surface area contributed by atoms with Crippen LogP contribution in [-0.2, 0) is 35.3 Å². The van der Waals surface area contributed by atoms with Gasteiger partial charge < -0.3 is 19.3 Å². The molecule has 0 radical (unpaired) electrons. The Labute approximate surface area is 211 Å². The standard InChI is InChI=1S/C29H33N3O4/c1-36-29(35)31-15-14-19-11-13-25-26(24(19)17-31)30-27(20-6-8-21(9-7-20)28(33)34)32(25)23-12-10-18-4-2-3-5-22(18)16-23/h2-5,11,13,20-21,23H,6-10,12,14-17H2,1H3,(H,33,34)/t20?,21?,23-/m1/s1. The Morgan fingerprint density at radius 3 is 2.50 bits per heavy atom. The third-order valence-electron chi connectivity index (χ3n) is 8.65. The van der Waals surface area contributed by atoms with Crippen molar-refractivity contribution in [2.45, 2.75) is 69.9 Å². The van der Waals surface area contributed by atoms with Crippen LogP contribution in [-0.4, -0.2) is 45.3 Å². The summed E-state index contributed by atoms with van der Waals surface area (Å²) in [6.45, 7) is 1.16. The molecule has 1 N–H and O–H groups in total. The van der Waals surface area contributed by atoms with Crippen LogP contribution in [0.5, 0.6) is 0 Å². The van der Waals surface area contributed by atoms with Crippen molar-refractivity contribution in [2.24, 2.45) is 5.92 Å². The lowest BCUT2D eigenvalue weighted by molar-refractivity contribution is -0.142. The zero-order chi connectivity index (χ0) is 24.8. The minimum Gasteiger partial charge on any atom is -0.481 e. The Balaban J connectivity index is 1.43. The zero-order valence-corrected chi connectivity index (χ0v) is 20.8. The number of carboxylic acids is 1. The molecule has 6 rings (SSSR count). The fraction of sp³-hybridized carbons (Fsp3) is 0.483. The molecule has 1 aliphatic heterocycles. The molecular formula is C29H33N3O4. The number of hydrogen-bond acceptors (Lipinski definition) is 4. The fourth-order valence-corrected chi connectivity index (χ4v) is 6.67. The molecule has 0 bridgehead atoms. The molecule has 0 unspecified atom stereocenters. The van der Waals surface area contributed by atoms with E-state index in [1.165, 1.54) is 23.8 Å². The highest BCUT2D eigenvalue weighted by Crippen LogP contribution is 2.41. The zero-order valence-electron chi connectivity index (χ0n) is 20.8. The van der Waals surface area contributed by atoms with Crippen LogP contribution in [0, 0.1) is 5.92 Å². The van der Waals surface area contributed by atoms with Gasteiger partial charge in [0.25, 0.3) is 0 Å². The van der Waals surface area contributed by atoms with E-state index in [0.717, 1.165) is 60.9 Å². The van der Waals surface area contributed by atoms with E-state index in [-0.39, 0.29) is 17.9 Å². The molecule has 36 heavy (non-hydrogen) atoms. The molecule has 2 aliphatic carbocycles. The summed E-state index contributed by atoms with van der Waals surface area (Å²) in [5, 5.41) is 9.52. The van der Waals surface area contributed by atoms with Gasteiger partial charge in [0.1, 0.15) is 5.82 Å². The summed E-state index contributed by atoms with van der Waals surface area (Å²) >= 11 is 0. The summed E-state index contributed by atoms with van der Waals surface area (Å²) in [7, 11) is 1.43. The number of aryl methyl sites for hydroxylation is 1. The number of aromatic nitrogens is 2. The van der Waals surface area contributed by atoms with Crippen molar-refractivity contribution in [3.8, 4) is 0 Å². The van der Waals surface area contributed by atoms with Crippen LogP contribution in [0.25, 0.3) is 11.0 Å². The Morgan fingerprint density at radius 2 is 1.75 bits per heavy atom. The number of rotatable bonds is 3. The molecule has 0 spiro atoms. The Kier molecular flexibility index (Phi) is 5.94. The summed E-state index contributed by atoms with van der Waals surface area (Å²) in [5.74, 6) is 0.424. The molecule has 1 atom stereocenters. The Morgan fingerprint density at radius 1 is 0.972 bits per heavy atom. The highest BCUT2D eigenvalue weighted by molar-refractivity contribution is 5.82. The van der Waals surface area contributed by atoms with Crippen molar-refractivity contribution >= 4 is 23.1 Å². The van der Waals surface area contributed by atoms with E-state index in [0.29, 0.717) is 32.0 Å². The van der Waals surface area contributed by atoms with Gasteiger partial charge in [-0.25, -0.2) is 9.78 Å². The SMILES string of the molecule is COC(=O)N1CCc2ccc3c(nc(C4CCC(C(=O)O)CC4)n3[C@@H]3CCc4ccccc4C3)c2C1. The molecule has 1 saturated carbocycles. The van der Waals surface area contributed by atoms with Gasteiger partial charge in [0.05, 0.1) is 30.6 Å². The third kappa shape index (κ3) is 3.94. The summed E-state index contributed by atoms with van der Waals surface area (Å²) in [4.78, 5) is 31.0. The Bertz CT molecular complexity index is 1320. The minimum absolute atomic E-state index is 0.248. The quantitative estimate of drug-likeness (QED) is 0.546. The first-order valence-electron chi connectivity index (χ1n) is 13.2. The molecule has 7 nitrogen and oxygen atoms in total. The maximum absolute atomic E-state index is 12.3. The van der Waals surface area contributed by atoms with Gasteiger partial charge in [-0.05, 0) is 74.1 Å². The maximum Gasteiger partial charge on any atom is 0.409 e. The second-order valence-electron chi connectivity index (χ2n) is 10.6. The lowest BCUT2D eigenvalue weighted by Crippen LogP contribution is -2.35. The molecule has 0 saturated heterocycles. The number of aliphatic carboxylic acids is 1. The average molecular weight is 488 g/mol. The van der Waals surface area contributed by atoms with Crippen LogP contribution in [0.15, 0.2) is 36.4 Å². The molecule has 188 valence electrons. The summed E-state index contributed by atoms with van der Waals surface area (Å²) < 4.78 is 7.49. The van der Waals surface area contributed by atoms with Crippen LogP contribution >= 0.6 is 0 Å². The van der Waals surface area contributed by atoms with Gasteiger partial charge in [-0.2, -0.15) is 0 Å². The van der Waals surface area contributed by atoms with Crippen molar-refractivity contribution in [3.63, 3.8) is 0 Å². The number of imidazole rings is 1. The molecule has 1 fully saturated rings. The lowest BCUT2D eigenvalue weighted by atomic mass is 9.81. The summed E-state index contributed by atoms with van der Waals surface area (Å²) in [6, 6.07) is 13.5. The third-order valence-corrected chi connectivity index (χ3v) is 8.65. The van der Waals surface area contributed by atoms with Gasteiger partial charge in [0, 0.05) is 24.1 Å².